The minimum atomic E-state index is -6.61. The summed E-state index contributed by atoms with van der Waals surface area (Å²) in [7, 11) is 0. The number of nitrogens with zero attached hydrogens (tertiary/aromatic N) is 1. The maximum atomic E-state index is 13.4. The number of hydrogen-bond donors (Lipinski definition) is 2. The molecule has 2 N–H and O–H groups in total. The quantitative estimate of drug-likeness (QED) is 0.282. The van der Waals surface area contributed by atoms with Crippen LogP contribution in [0.3, 0.4) is 0 Å². The summed E-state index contributed by atoms with van der Waals surface area (Å²) in [5, 5.41) is 6.92. The van der Waals surface area contributed by atoms with E-state index in [9.17, 15) is 40.3 Å². The number of halogens is 7. The molecule has 0 atom stereocenters. The zero-order valence-electron chi connectivity index (χ0n) is 17.2. The van der Waals surface area contributed by atoms with Crippen LogP contribution in [-0.4, -0.2) is 35.5 Å². The number of anilines is 1. The smallest absolute Gasteiger partial charge is 0.321 e. The summed E-state index contributed by atoms with van der Waals surface area (Å²) in [4.78, 5) is 24.6. The lowest BCUT2D eigenvalue weighted by Crippen LogP contribution is -2.57. The number of carbonyl (C=O) groups excluding carboxylic acids is 2. The molecule has 0 saturated carbocycles. The lowest BCUT2D eigenvalue weighted by atomic mass is 10.1. The standard InChI is InChI=1S/C20H18F7N3O2S/c1-3-4-15-9-13(10-33-15)16(31)30-29-11(2)12-5-7-14(8-6-12)28-17(32)18(21,22)19(23,24)20(25,26)27/h5-10H,3-4H2,1-2H3,(H,28,32)(H,30,31)/b29-11-. The normalized spacial score (nSPS) is 13.1. The minimum absolute atomic E-state index is 0.277. The number of amides is 2. The maximum Gasteiger partial charge on any atom is 0.460 e. The fraction of sp³-hybridized carbons (Fsp3) is 0.350. The number of hydrazone groups is 1. The summed E-state index contributed by atoms with van der Waals surface area (Å²) in [5.74, 6) is -15.8. The third-order valence-electron chi connectivity index (χ3n) is 4.33. The van der Waals surface area contributed by atoms with E-state index in [1.165, 1.54) is 35.7 Å². The second-order valence-electron chi connectivity index (χ2n) is 6.87. The molecule has 0 unspecified atom stereocenters. The van der Waals surface area contributed by atoms with E-state index in [2.05, 4.69) is 10.5 Å². The fourth-order valence-electron chi connectivity index (χ4n) is 2.47. The molecular formula is C20H18F7N3O2S. The van der Waals surface area contributed by atoms with Crippen molar-refractivity contribution in [1.82, 2.24) is 5.43 Å². The molecule has 1 heterocycles. The first-order valence-electron chi connectivity index (χ1n) is 9.37. The molecule has 0 aliphatic carbocycles. The highest BCUT2D eigenvalue weighted by Crippen LogP contribution is 2.46. The van der Waals surface area contributed by atoms with Crippen molar-refractivity contribution in [3.8, 4) is 0 Å². The molecule has 2 rings (SSSR count). The Morgan fingerprint density at radius 3 is 2.15 bits per heavy atom. The first-order valence-corrected chi connectivity index (χ1v) is 10.2. The van der Waals surface area contributed by atoms with Gasteiger partial charge in [0.1, 0.15) is 0 Å². The number of hydrogen-bond acceptors (Lipinski definition) is 4. The van der Waals surface area contributed by atoms with Crippen LogP contribution in [0.5, 0.6) is 0 Å². The van der Waals surface area contributed by atoms with Crippen molar-refractivity contribution in [2.75, 3.05) is 5.32 Å². The summed E-state index contributed by atoms with van der Waals surface area (Å²) in [5.41, 5.74) is 2.96. The summed E-state index contributed by atoms with van der Waals surface area (Å²) in [6.07, 6.45) is -4.85. The van der Waals surface area contributed by atoms with Crippen molar-refractivity contribution in [1.29, 1.82) is 0 Å². The van der Waals surface area contributed by atoms with Crippen LogP contribution in [0.2, 0.25) is 0 Å². The van der Waals surface area contributed by atoms with Gasteiger partial charge in [-0.1, -0.05) is 25.5 Å². The number of carbonyl (C=O) groups is 2. The number of nitrogens with one attached hydrogen (secondary N) is 2. The van der Waals surface area contributed by atoms with E-state index in [1.54, 1.807) is 11.4 Å². The van der Waals surface area contributed by atoms with Crippen LogP contribution in [0.1, 0.15) is 41.1 Å². The molecule has 0 spiro atoms. The topological polar surface area (TPSA) is 70.6 Å². The largest absolute Gasteiger partial charge is 0.460 e. The Kier molecular flexibility index (Phi) is 7.88. The highest BCUT2D eigenvalue weighted by Gasteiger charge is 2.76. The van der Waals surface area contributed by atoms with Gasteiger partial charge in [0.2, 0.25) is 0 Å². The van der Waals surface area contributed by atoms with Gasteiger partial charge in [0, 0.05) is 15.9 Å². The molecule has 0 saturated heterocycles. The van der Waals surface area contributed by atoms with Gasteiger partial charge in [-0.05, 0) is 37.1 Å². The Morgan fingerprint density at radius 1 is 1.00 bits per heavy atom. The van der Waals surface area contributed by atoms with Crippen molar-refractivity contribution in [3.63, 3.8) is 0 Å². The Labute approximate surface area is 187 Å². The van der Waals surface area contributed by atoms with Crippen LogP contribution in [0.25, 0.3) is 0 Å². The third-order valence-corrected chi connectivity index (χ3v) is 5.33. The molecule has 2 aromatic rings. The van der Waals surface area contributed by atoms with Gasteiger partial charge in [0.05, 0.1) is 11.3 Å². The fourth-order valence-corrected chi connectivity index (χ4v) is 3.44. The molecule has 2 amide bonds. The zero-order valence-corrected chi connectivity index (χ0v) is 18.0. The molecule has 1 aromatic heterocycles. The number of aryl methyl sites for hydroxylation is 1. The third kappa shape index (κ3) is 5.89. The number of thiophene rings is 1. The van der Waals surface area contributed by atoms with Gasteiger partial charge in [0.25, 0.3) is 5.91 Å². The van der Waals surface area contributed by atoms with Gasteiger partial charge in [-0.2, -0.15) is 35.8 Å². The molecule has 0 bridgehead atoms. The Bertz CT molecular complexity index is 1030. The zero-order chi connectivity index (χ0) is 25.0. The van der Waals surface area contributed by atoms with Crippen molar-refractivity contribution in [2.45, 2.75) is 44.7 Å². The van der Waals surface area contributed by atoms with Crippen LogP contribution in [0.15, 0.2) is 40.8 Å². The van der Waals surface area contributed by atoms with Gasteiger partial charge >= 0.3 is 23.9 Å². The highest BCUT2D eigenvalue weighted by molar-refractivity contribution is 7.10. The summed E-state index contributed by atoms with van der Waals surface area (Å²) >= 11 is 1.44. The molecule has 180 valence electrons. The van der Waals surface area contributed by atoms with Crippen LogP contribution < -0.4 is 10.7 Å². The number of alkyl halides is 7. The molecule has 13 heteroatoms. The summed E-state index contributed by atoms with van der Waals surface area (Å²) in [6.45, 7) is 3.51. The SMILES string of the molecule is CCCc1cc(C(=O)N/N=C(/C)c2ccc(NC(=O)C(F)(F)C(F)(F)C(F)(F)F)cc2)cs1. The molecule has 5 nitrogen and oxygen atoms in total. The lowest BCUT2D eigenvalue weighted by molar-refractivity contribution is -0.343. The Hall–Kier alpha value is -2.96. The average Bonchev–Trinajstić information content (AvgIpc) is 3.20. The molecule has 0 radical (unpaired) electrons. The van der Waals surface area contributed by atoms with Crippen molar-refractivity contribution in [3.05, 3.63) is 51.7 Å². The molecule has 1 aromatic carbocycles. The van der Waals surface area contributed by atoms with E-state index < -0.39 is 35.5 Å². The monoisotopic (exact) mass is 497 g/mol. The van der Waals surface area contributed by atoms with Gasteiger partial charge in [-0.25, -0.2) is 5.43 Å². The maximum absolute atomic E-state index is 13.4. The molecule has 0 aliphatic rings. The van der Waals surface area contributed by atoms with Crippen molar-refractivity contribution >= 4 is 34.6 Å². The predicted octanol–water partition coefficient (Wildman–Crippen LogP) is 5.63. The van der Waals surface area contributed by atoms with E-state index in [1.807, 2.05) is 6.92 Å². The van der Waals surface area contributed by atoms with Crippen LogP contribution in [0.4, 0.5) is 36.4 Å². The second-order valence-corrected chi connectivity index (χ2v) is 7.86. The summed E-state index contributed by atoms with van der Waals surface area (Å²) < 4.78 is 89.3. The molecule has 0 aliphatic heterocycles. The first kappa shape index (κ1) is 26.3. The summed E-state index contributed by atoms with van der Waals surface area (Å²) in [6, 6.07) is 6.23. The predicted molar refractivity (Wildman–Crippen MR) is 109 cm³/mol. The first-order chi connectivity index (χ1) is 15.2. The van der Waals surface area contributed by atoms with E-state index in [-0.39, 0.29) is 5.71 Å². The van der Waals surface area contributed by atoms with E-state index in [0.717, 1.165) is 29.9 Å². The molecular weight excluding hydrogens is 479 g/mol. The Morgan fingerprint density at radius 2 is 1.61 bits per heavy atom. The van der Waals surface area contributed by atoms with Crippen LogP contribution >= 0.6 is 11.3 Å². The van der Waals surface area contributed by atoms with E-state index >= 15 is 0 Å². The van der Waals surface area contributed by atoms with Crippen molar-refractivity contribution in [2.24, 2.45) is 5.10 Å². The lowest BCUT2D eigenvalue weighted by Gasteiger charge is -2.27. The van der Waals surface area contributed by atoms with Gasteiger partial charge in [-0.15, -0.1) is 11.3 Å². The van der Waals surface area contributed by atoms with Gasteiger partial charge in [-0.3, -0.25) is 9.59 Å². The van der Waals surface area contributed by atoms with Gasteiger partial charge < -0.3 is 5.32 Å². The van der Waals surface area contributed by atoms with Gasteiger partial charge in [0.15, 0.2) is 0 Å². The molecule has 0 fully saturated rings. The van der Waals surface area contributed by atoms with E-state index in [0.29, 0.717) is 11.1 Å². The second kappa shape index (κ2) is 9.89. The number of rotatable bonds is 8. The molecule has 33 heavy (non-hydrogen) atoms. The average molecular weight is 497 g/mol. The van der Waals surface area contributed by atoms with Crippen LogP contribution in [-0.2, 0) is 11.2 Å². The van der Waals surface area contributed by atoms with Crippen molar-refractivity contribution < 1.29 is 40.3 Å². The Balaban J connectivity index is 2.05. The minimum Gasteiger partial charge on any atom is -0.321 e. The van der Waals surface area contributed by atoms with Crippen LogP contribution in [0, 0.1) is 0 Å². The number of benzene rings is 1. The van der Waals surface area contributed by atoms with E-state index in [4.69, 9.17) is 0 Å². The highest BCUT2D eigenvalue weighted by atomic mass is 32.1.